The summed E-state index contributed by atoms with van der Waals surface area (Å²) in [6.45, 7) is -0.341. The van der Waals surface area contributed by atoms with E-state index in [1.807, 2.05) is 0 Å². The molecule has 1 aliphatic carbocycles. The average Bonchev–Trinajstić information content (AvgIpc) is 3.46. The number of carboxylic acid groups (broad SMARTS) is 1. The van der Waals surface area contributed by atoms with Crippen molar-refractivity contribution in [2.45, 2.75) is 36.8 Å². The Labute approximate surface area is 172 Å². The second-order valence-corrected chi connectivity index (χ2v) is 8.49. The fourth-order valence-corrected chi connectivity index (χ4v) is 4.58. The lowest BCUT2D eigenvalue weighted by Crippen LogP contribution is -2.57. The molecular weight excluding hydrogens is 395 g/mol. The third kappa shape index (κ3) is 3.41. The van der Waals surface area contributed by atoms with Gasteiger partial charge in [-0.05, 0) is 17.5 Å². The Bertz CT molecular complexity index is 882. The van der Waals surface area contributed by atoms with Crippen LogP contribution in [-0.2, 0) is 9.53 Å². The highest BCUT2D eigenvalue weighted by molar-refractivity contribution is 6.62. The molecule has 1 amide bonds. The molecule has 1 aromatic carbocycles. The lowest BCUT2D eigenvalue weighted by atomic mass is 9.68. The maximum atomic E-state index is 12.4. The van der Waals surface area contributed by atoms with E-state index in [4.69, 9.17) is 14.1 Å². The molecule has 3 aliphatic heterocycles. The molecule has 3 atom stereocenters. The van der Waals surface area contributed by atoms with Crippen LogP contribution >= 0.6 is 0 Å². The summed E-state index contributed by atoms with van der Waals surface area (Å²) in [6, 6.07) is 3.31. The number of hydrogen-bond donors (Lipinski definition) is 4. The molecule has 162 valence electrons. The summed E-state index contributed by atoms with van der Waals surface area (Å²) >= 11 is 0. The van der Waals surface area contributed by atoms with Gasteiger partial charge >= 0.3 is 12.7 Å². The number of likely N-dealkylation sites (tertiary alicyclic amines) is 1. The van der Waals surface area contributed by atoms with E-state index in [0.29, 0.717) is 44.6 Å². The minimum Gasteiger partial charge on any atom is -0.669 e. The summed E-state index contributed by atoms with van der Waals surface area (Å²) in [5.41, 5.74) is 0.454. The normalized spacial score (nSPS) is 29.1. The number of morpholine rings is 1. The first-order valence-corrected chi connectivity index (χ1v) is 10.3. The zero-order valence-corrected chi connectivity index (χ0v) is 16.3. The van der Waals surface area contributed by atoms with Gasteiger partial charge < -0.3 is 39.5 Å². The molecule has 3 heterocycles. The van der Waals surface area contributed by atoms with Gasteiger partial charge in [0.25, 0.3) is 0 Å². The number of benzene rings is 1. The largest absolute Gasteiger partial charge is 0.669 e. The van der Waals surface area contributed by atoms with Crippen LogP contribution in [0.4, 0.5) is 0 Å². The van der Waals surface area contributed by atoms with E-state index in [1.165, 1.54) is 0 Å². The number of ether oxygens (including phenoxy) is 2. The van der Waals surface area contributed by atoms with Crippen molar-refractivity contribution in [3.63, 3.8) is 0 Å². The zero-order valence-electron chi connectivity index (χ0n) is 16.3. The molecule has 1 saturated carbocycles. The minimum atomic E-state index is -3.08. The van der Waals surface area contributed by atoms with Crippen molar-refractivity contribution in [3.05, 3.63) is 23.3 Å². The highest BCUT2D eigenvalue weighted by Gasteiger charge is 2.55. The molecule has 0 aromatic heterocycles. The predicted octanol–water partition coefficient (Wildman–Crippen LogP) is -0.474. The van der Waals surface area contributed by atoms with Gasteiger partial charge in [-0.25, -0.2) is 4.79 Å². The van der Waals surface area contributed by atoms with Gasteiger partial charge in [0.15, 0.2) is 0 Å². The van der Waals surface area contributed by atoms with E-state index in [0.717, 1.165) is 6.54 Å². The summed E-state index contributed by atoms with van der Waals surface area (Å²) in [5.74, 6) is -1.71. The summed E-state index contributed by atoms with van der Waals surface area (Å²) in [6.07, 6.45) is 0.380. The quantitative estimate of drug-likeness (QED) is 0.467. The van der Waals surface area contributed by atoms with Crippen molar-refractivity contribution in [3.8, 4) is 11.5 Å². The molecular formula is C19H24BN2O8-. The fourth-order valence-electron chi connectivity index (χ4n) is 4.58. The second kappa shape index (κ2) is 7.12. The zero-order chi connectivity index (χ0) is 21.0. The van der Waals surface area contributed by atoms with Crippen LogP contribution in [0.2, 0.25) is 5.82 Å². The number of nitrogens with one attached hydrogen (secondary N) is 1. The Balaban J connectivity index is 1.25. The van der Waals surface area contributed by atoms with Gasteiger partial charge in [-0.1, -0.05) is 18.3 Å². The van der Waals surface area contributed by atoms with Crippen molar-refractivity contribution in [2.24, 2.45) is 0 Å². The summed E-state index contributed by atoms with van der Waals surface area (Å²) < 4.78 is 16.7. The van der Waals surface area contributed by atoms with Crippen molar-refractivity contribution in [2.75, 3.05) is 32.8 Å². The lowest BCUT2D eigenvalue weighted by Gasteiger charge is -2.41. The van der Waals surface area contributed by atoms with Gasteiger partial charge in [0.2, 0.25) is 5.91 Å². The Morgan fingerprint density at radius 1 is 1.30 bits per heavy atom. The van der Waals surface area contributed by atoms with Gasteiger partial charge in [-0.3, -0.25) is 4.79 Å². The molecule has 0 spiro atoms. The molecule has 11 heteroatoms. The third-order valence-corrected chi connectivity index (χ3v) is 6.35. The SMILES string of the molecule is O=C(O)c1c(OC2CN(C(=O)C[C@@H]3CNCCO3)C2)ccc2c1O[B-](O)(O)[C@@H]1C[C@H]21. The van der Waals surface area contributed by atoms with Crippen LogP contribution in [0, 0.1) is 0 Å². The number of carbonyl (C=O) groups is 2. The first kappa shape index (κ1) is 19.6. The first-order valence-electron chi connectivity index (χ1n) is 10.3. The number of fused-ring (bicyclic) bond motifs is 3. The molecule has 5 rings (SSSR count). The standard InChI is InChI=1S/C19H24BN2O8/c23-16(5-10-7-21-3-4-28-10)22-8-11(9-22)29-15-2-1-12-13-6-14(13)20(26,27)30-18(12)17(15)19(24)25/h1-2,10-11,13-14,21,26-27H,3-9H2,(H,24,25)/q-1/t10-,13-,14-/m1/s1. The third-order valence-electron chi connectivity index (χ3n) is 6.35. The van der Waals surface area contributed by atoms with Gasteiger partial charge in [0, 0.05) is 13.1 Å². The van der Waals surface area contributed by atoms with Crippen LogP contribution in [0.3, 0.4) is 0 Å². The number of nitrogens with zero attached hydrogens (tertiary/aromatic N) is 1. The maximum Gasteiger partial charge on any atom is 0.434 e. The number of carbonyl (C=O) groups excluding carboxylic acids is 1. The Hall–Kier alpha value is -2.34. The van der Waals surface area contributed by atoms with Crippen LogP contribution < -0.4 is 14.7 Å². The molecule has 4 aliphatic rings. The van der Waals surface area contributed by atoms with Crippen LogP contribution in [0.25, 0.3) is 0 Å². The smallest absolute Gasteiger partial charge is 0.434 e. The number of aromatic carboxylic acids is 1. The Morgan fingerprint density at radius 3 is 2.80 bits per heavy atom. The first-order chi connectivity index (χ1) is 14.3. The van der Waals surface area contributed by atoms with Gasteiger partial charge in [-0.2, -0.15) is 0 Å². The molecule has 2 saturated heterocycles. The van der Waals surface area contributed by atoms with Crippen molar-refractivity contribution in [1.29, 1.82) is 0 Å². The number of amides is 1. The average molecular weight is 419 g/mol. The van der Waals surface area contributed by atoms with Crippen molar-refractivity contribution < 1.29 is 38.9 Å². The predicted molar refractivity (Wildman–Crippen MR) is 104 cm³/mol. The van der Waals surface area contributed by atoms with Crippen LogP contribution in [0.15, 0.2) is 12.1 Å². The fraction of sp³-hybridized carbons (Fsp3) is 0.579. The molecule has 30 heavy (non-hydrogen) atoms. The van der Waals surface area contributed by atoms with Crippen LogP contribution in [0.1, 0.15) is 34.7 Å². The maximum absolute atomic E-state index is 12.4. The van der Waals surface area contributed by atoms with E-state index in [1.54, 1.807) is 17.0 Å². The van der Waals surface area contributed by atoms with Crippen molar-refractivity contribution >= 4 is 18.6 Å². The summed E-state index contributed by atoms with van der Waals surface area (Å²) in [7, 11) is 0. The number of hydrogen-bond acceptors (Lipinski definition) is 8. The molecule has 0 bridgehead atoms. The molecule has 10 nitrogen and oxygen atoms in total. The number of carboxylic acids is 1. The van der Waals surface area contributed by atoms with Crippen molar-refractivity contribution in [1.82, 2.24) is 10.2 Å². The molecule has 3 fully saturated rings. The molecule has 0 unspecified atom stereocenters. The number of rotatable bonds is 5. The van der Waals surface area contributed by atoms with E-state index in [-0.39, 0.29) is 46.9 Å². The van der Waals surface area contributed by atoms with Gasteiger partial charge in [-0.15, -0.1) is 0 Å². The highest BCUT2D eigenvalue weighted by atomic mass is 16.6. The van der Waals surface area contributed by atoms with Crippen LogP contribution in [0.5, 0.6) is 11.5 Å². The topological polar surface area (TPSA) is 138 Å². The van der Waals surface area contributed by atoms with E-state index in [9.17, 15) is 24.7 Å². The lowest BCUT2D eigenvalue weighted by molar-refractivity contribution is -0.143. The monoisotopic (exact) mass is 419 g/mol. The van der Waals surface area contributed by atoms with E-state index < -0.39 is 12.7 Å². The highest BCUT2D eigenvalue weighted by Crippen LogP contribution is 2.63. The van der Waals surface area contributed by atoms with E-state index >= 15 is 0 Å². The Morgan fingerprint density at radius 2 is 2.10 bits per heavy atom. The Kier molecular flexibility index (Phi) is 4.66. The summed E-state index contributed by atoms with van der Waals surface area (Å²) in [5, 5.41) is 33.1. The second-order valence-electron chi connectivity index (χ2n) is 8.49. The molecule has 4 N–H and O–H groups in total. The molecule has 1 aromatic rings. The minimum absolute atomic E-state index is 0.0244. The van der Waals surface area contributed by atoms with E-state index in [2.05, 4.69) is 5.32 Å². The summed E-state index contributed by atoms with van der Waals surface area (Å²) in [4.78, 5) is 25.9. The van der Waals surface area contributed by atoms with Gasteiger partial charge in [0.1, 0.15) is 17.4 Å². The molecule has 0 radical (unpaired) electrons. The van der Waals surface area contributed by atoms with Gasteiger partial charge in [0.05, 0.1) is 38.0 Å². The van der Waals surface area contributed by atoms with Crippen LogP contribution in [-0.4, -0.2) is 83.7 Å².